The van der Waals surface area contributed by atoms with Crippen molar-refractivity contribution >= 4 is 0 Å². The second-order valence-electron chi connectivity index (χ2n) is 4.94. The summed E-state index contributed by atoms with van der Waals surface area (Å²) in [5, 5.41) is 3.38. The summed E-state index contributed by atoms with van der Waals surface area (Å²) >= 11 is 0. The zero-order chi connectivity index (χ0) is 12.7. The molecule has 1 aromatic rings. The molecule has 0 aromatic carbocycles. The van der Waals surface area contributed by atoms with Crippen molar-refractivity contribution in [2.24, 2.45) is 5.92 Å². The average Bonchev–Trinajstić information content (AvgIpc) is 2.76. The molecule has 0 spiro atoms. The molecule has 0 saturated heterocycles. The first-order valence-corrected chi connectivity index (χ1v) is 6.94. The third-order valence-corrected chi connectivity index (χ3v) is 3.57. The van der Waals surface area contributed by atoms with Gasteiger partial charge in [-0.15, -0.1) is 0 Å². The number of hydrogen-bond acceptors (Lipinski definition) is 2. The van der Waals surface area contributed by atoms with Crippen LogP contribution in [0.2, 0.25) is 0 Å². The van der Waals surface area contributed by atoms with Gasteiger partial charge in [0.15, 0.2) is 0 Å². The van der Waals surface area contributed by atoms with Crippen LogP contribution >= 0.6 is 0 Å². The van der Waals surface area contributed by atoms with Crippen LogP contribution in [0.5, 0.6) is 0 Å². The van der Waals surface area contributed by atoms with Gasteiger partial charge in [-0.05, 0) is 38.4 Å². The van der Waals surface area contributed by atoms with Crippen LogP contribution < -0.4 is 5.32 Å². The topological polar surface area (TPSA) is 25.2 Å². The second kappa shape index (κ2) is 7.54. The van der Waals surface area contributed by atoms with Gasteiger partial charge < -0.3 is 9.73 Å². The Bertz CT molecular complexity index is 306. The Morgan fingerprint density at radius 2 is 2.06 bits per heavy atom. The minimum atomic E-state index is 0.366. The van der Waals surface area contributed by atoms with Gasteiger partial charge in [0.2, 0.25) is 0 Å². The highest BCUT2D eigenvalue weighted by molar-refractivity contribution is 5.09. The maximum Gasteiger partial charge on any atom is 0.121 e. The van der Waals surface area contributed by atoms with Gasteiger partial charge in [-0.25, -0.2) is 0 Å². The zero-order valence-corrected chi connectivity index (χ0v) is 11.8. The van der Waals surface area contributed by atoms with Crippen LogP contribution in [-0.4, -0.2) is 7.05 Å². The van der Waals surface area contributed by atoms with Crippen LogP contribution in [0.1, 0.15) is 63.5 Å². The molecule has 2 atom stereocenters. The van der Waals surface area contributed by atoms with Gasteiger partial charge in [-0.1, -0.05) is 39.5 Å². The van der Waals surface area contributed by atoms with E-state index in [9.17, 15) is 0 Å². The molecule has 1 rings (SSSR count). The van der Waals surface area contributed by atoms with Crippen LogP contribution in [-0.2, 0) is 0 Å². The fourth-order valence-corrected chi connectivity index (χ4v) is 2.33. The third-order valence-electron chi connectivity index (χ3n) is 3.57. The quantitative estimate of drug-likeness (QED) is 0.722. The van der Waals surface area contributed by atoms with E-state index in [2.05, 4.69) is 25.2 Å². The number of unbranched alkanes of at least 4 members (excludes halogenated alkanes) is 1. The molecular formula is C15H27NO. The molecule has 2 heteroatoms. The first-order chi connectivity index (χ1) is 8.21. The van der Waals surface area contributed by atoms with E-state index < -0.39 is 0 Å². The highest BCUT2D eigenvalue weighted by Gasteiger charge is 2.17. The molecule has 0 aliphatic rings. The van der Waals surface area contributed by atoms with E-state index in [1.807, 2.05) is 20.0 Å². The Morgan fingerprint density at radius 3 is 2.53 bits per heavy atom. The van der Waals surface area contributed by atoms with Crippen LogP contribution in [0.4, 0.5) is 0 Å². The normalized spacial score (nSPS) is 14.8. The van der Waals surface area contributed by atoms with Crippen molar-refractivity contribution in [3.63, 3.8) is 0 Å². The molecule has 0 radical (unpaired) electrons. The molecule has 0 amide bonds. The molecule has 0 aliphatic carbocycles. The van der Waals surface area contributed by atoms with Crippen molar-refractivity contribution in [1.82, 2.24) is 5.32 Å². The highest BCUT2D eigenvalue weighted by atomic mass is 16.3. The minimum absolute atomic E-state index is 0.366. The first kappa shape index (κ1) is 14.3. The van der Waals surface area contributed by atoms with Gasteiger partial charge in [0.25, 0.3) is 0 Å². The largest absolute Gasteiger partial charge is 0.465 e. The van der Waals surface area contributed by atoms with E-state index in [-0.39, 0.29) is 0 Å². The summed E-state index contributed by atoms with van der Waals surface area (Å²) in [5.74, 6) is 2.89. The summed E-state index contributed by atoms with van der Waals surface area (Å²) in [6.07, 6.45) is 6.41. The van der Waals surface area contributed by atoms with Crippen molar-refractivity contribution in [1.29, 1.82) is 0 Å². The lowest BCUT2D eigenvalue weighted by molar-refractivity contribution is 0.325. The summed E-state index contributed by atoms with van der Waals surface area (Å²) in [6, 6.07) is 4.51. The SMILES string of the molecule is CCCCC(CC)CC(NC)c1ccc(C)o1. The zero-order valence-electron chi connectivity index (χ0n) is 11.8. The van der Waals surface area contributed by atoms with Crippen molar-refractivity contribution in [2.45, 2.75) is 58.9 Å². The predicted octanol–water partition coefficient (Wildman–Crippen LogP) is 4.46. The maximum atomic E-state index is 5.72. The maximum absolute atomic E-state index is 5.72. The molecule has 0 bridgehead atoms. The molecule has 1 N–H and O–H groups in total. The Labute approximate surface area is 106 Å². The van der Waals surface area contributed by atoms with Crippen LogP contribution in [0.3, 0.4) is 0 Å². The van der Waals surface area contributed by atoms with Crippen LogP contribution in [0, 0.1) is 12.8 Å². The fraction of sp³-hybridized carbons (Fsp3) is 0.733. The summed E-state index contributed by atoms with van der Waals surface area (Å²) in [5.41, 5.74) is 0. The van der Waals surface area contributed by atoms with Gasteiger partial charge >= 0.3 is 0 Å². The van der Waals surface area contributed by atoms with Crippen LogP contribution in [0.15, 0.2) is 16.5 Å². The molecule has 98 valence electrons. The van der Waals surface area contributed by atoms with E-state index in [1.165, 1.54) is 32.1 Å². The molecule has 0 fully saturated rings. The van der Waals surface area contributed by atoms with Gasteiger partial charge in [0, 0.05) is 0 Å². The summed E-state index contributed by atoms with van der Waals surface area (Å²) in [6.45, 7) is 6.56. The van der Waals surface area contributed by atoms with Gasteiger partial charge in [-0.3, -0.25) is 0 Å². The second-order valence-corrected chi connectivity index (χ2v) is 4.94. The Kier molecular flexibility index (Phi) is 6.35. The van der Waals surface area contributed by atoms with Crippen molar-refractivity contribution in [3.05, 3.63) is 23.7 Å². The minimum Gasteiger partial charge on any atom is -0.465 e. The first-order valence-electron chi connectivity index (χ1n) is 6.94. The molecule has 2 unspecified atom stereocenters. The van der Waals surface area contributed by atoms with E-state index >= 15 is 0 Å². The van der Waals surface area contributed by atoms with Gasteiger partial charge in [-0.2, -0.15) is 0 Å². The molecular weight excluding hydrogens is 210 g/mol. The van der Waals surface area contributed by atoms with E-state index in [0.29, 0.717) is 6.04 Å². The summed E-state index contributed by atoms with van der Waals surface area (Å²) < 4.78 is 5.72. The molecule has 0 saturated carbocycles. The van der Waals surface area contributed by atoms with Crippen molar-refractivity contribution < 1.29 is 4.42 Å². The lowest BCUT2D eigenvalue weighted by Gasteiger charge is -2.20. The standard InChI is InChI=1S/C15H27NO/c1-5-7-8-13(6-2)11-14(16-4)15-10-9-12(3)17-15/h9-10,13-14,16H,5-8,11H2,1-4H3. The fourth-order valence-electron chi connectivity index (χ4n) is 2.33. The third kappa shape index (κ3) is 4.55. The number of nitrogens with one attached hydrogen (secondary N) is 1. The lowest BCUT2D eigenvalue weighted by atomic mass is 9.91. The van der Waals surface area contributed by atoms with Crippen molar-refractivity contribution in [2.75, 3.05) is 7.05 Å². The monoisotopic (exact) mass is 237 g/mol. The lowest BCUT2D eigenvalue weighted by Crippen LogP contribution is -2.19. The molecule has 0 aliphatic heterocycles. The van der Waals surface area contributed by atoms with E-state index in [1.54, 1.807) is 0 Å². The van der Waals surface area contributed by atoms with Gasteiger partial charge in [0.1, 0.15) is 11.5 Å². The number of aryl methyl sites for hydroxylation is 1. The van der Waals surface area contributed by atoms with E-state index in [0.717, 1.165) is 17.4 Å². The van der Waals surface area contributed by atoms with Gasteiger partial charge in [0.05, 0.1) is 6.04 Å². The smallest absolute Gasteiger partial charge is 0.121 e. The average molecular weight is 237 g/mol. The molecule has 2 nitrogen and oxygen atoms in total. The van der Waals surface area contributed by atoms with E-state index in [4.69, 9.17) is 4.42 Å². The number of furan rings is 1. The Morgan fingerprint density at radius 1 is 1.29 bits per heavy atom. The van der Waals surface area contributed by atoms with Crippen molar-refractivity contribution in [3.8, 4) is 0 Å². The molecule has 1 aromatic heterocycles. The number of hydrogen-bond donors (Lipinski definition) is 1. The molecule has 17 heavy (non-hydrogen) atoms. The van der Waals surface area contributed by atoms with Crippen LogP contribution in [0.25, 0.3) is 0 Å². The molecule has 1 heterocycles. The Hall–Kier alpha value is -0.760. The summed E-state index contributed by atoms with van der Waals surface area (Å²) in [7, 11) is 2.02. The predicted molar refractivity (Wildman–Crippen MR) is 73.2 cm³/mol. The number of rotatable bonds is 8. The Balaban J connectivity index is 2.55. The highest BCUT2D eigenvalue weighted by Crippen LogP contribution is 2.27. The summed E-state index contributed by atoms with van der Waals surface area (Å²) in [4.78, 5) is 0.